The summed E-state index contributed by atoms with van der Waals surface area (Å²) in [6.45, 7) is 10.4. The van der Waals surface area contributed by atoms with E-state index in [0.29, 0.717) is 0 Å². The molecule has 2 aromatic rings. The first kappa shape index (κ1) is 18.5. The van der Waals surface area contributed by atoms with Gasteiger partial charge < -0.3 is 10.6 Å². The molecule has 0 radical (unpaired) electrons. The fourth-order valence-corrected chi connectivity index (χ4v) is 3.43. The topological polar surface area (TPSA) is 49.3 Å². The van der Waals surface area contributed by atoms with E-state index in [9.17, 15) is 0 Å². The highest BCUT2D eigenvalue weighted by atomic mass is 32.1. The zero-order chi connectivity index (χ0) is 17.6. The predicted molar refractivity (Wildman–Crippen MR) is 104 cm³/mol. The Kier molecular flexibility index (Phi) is 6.37. The second-order valence-corrected chi connectivity index (χ2v) is 7.72. The van der Waals surface area contributed by atoms with Gasteiger partial charge in [0.2, 0.25) is 0 Å². The van der Waals surface area contributed by atoms with Crippen LogP contribution in [-0.4, -0.2) is 31.1 Å². The number of nitrogens with zero attached hydrogens (tertiary/aromatic N) is 2. The minimum Gasteiger partial charge on any atom is -0.356 e. The summed E-state index contributed by atoms with van der Waals surface area (Å²) < 4.78 is 0. The number of aromatic nitrogens is 1. The maximum Gasteiger partial charge on any atom is 0.191 e. The first-order chi connectivity index (χ1) is 11.4. The zero-order valence-corrected chi connectivity index (χ0v) is 16.1. The molecule has 1 heterocycles. The van der Waals surface area contributed by atoms with Gasteiger partial charge in [-0.3, -0.25) is 4.99 Å². The molecule has 0 fully saturated rings. The summed E-state index contributed by atoms with van der Waals surface area (Å²) >= 11 is 1.70. The van der Waals surface area contributed by atoms with E-state index in [1.807, 2.05) is 14.0 Å². The zero-order valence-electron chi connectivity index (χ0n) is 15.3. The molecule has 0 aliphatic rings. The van der Waals surface area contributed by atoms with E-state index in [0.717, 1.165) is 36.2 Å². The van der Waals surface area contributed by atoms with Gasteiger partial charge in [-0.2, -0.15) is 0 Å². The lowest BCUT2D eigenvalue weighted by Gasteiger charge is -2.28. The van der Waals surface area contributed by atoms with Crippen LogP contribution in [0, 0.1) is 13.8 Å². The fourth-order valence-electron chi connectivity index (χ4n) is 2.78. The van der Waals surface area contributed by atoms with E-state index in [-0.39, 0.29) is 5.41 Å². The molecule has 130 valence electrons. The number of thiazole rings is 1. The summed E-state index contributed by atoms with van der Waals surface area (Å²) in [5, 5.41) is 10.1. The molecule has 5 heteroatoms. The summed E-state index contributed by atoms with van der Waals surface area (Å²) in [5.74, 6) is 0.837. The number of hydrogen-bond donors (Lipinski definition) is 2. The largest absolute Gasteiger partial charge is 0.356 e. The van der Waals surface area contributed by atoms with Gasteiger partial charge in [0.05, 0.1) is 10.7 Å². The first-order valence-corrected chi connectivity index (χ1v) is 9.22. The van der Waals surface area contributed by atoms with Crippen LogP contribution >= 0.6 is 11.3 Å². The molecule has 0 aliphatic heterocycles. The van der Waals surface area contributed by atoms with E-state index in [4.69, 9.17) is 0 Å². The van der Waals surface area contributed by atoms with Gasteiger partial charge in [0.15, 0.2) is 5.96 Å². The number of aliphatic imine (C=N–C) groups is 1. The lowest BCUT2D eigenvalue weighted by molar-refractivity contribution is 0.506. The minimum atomic E-state index is 0.0367. The number of rotatable bonds is 6. The predicted octanol–water partition coefficient (Wildman–Crippen LogP) is 3.45. The molecule has 0 spiro atoms. The molecule has 0 saturated heterocycles. The standard InChI is InChI=1S/C19H28N4S/c1-14-8-6-7-9-17(14)19(3,4)13-22-18(20-5)21-11-10-16-12-24-15(2)23-16/h6-9,12H,10-11,13H2,1-5H3,(H2,20,21,22). The highest BCUT2D eigenvalue weighted by Crippen LogP contribution is 2.25. The van der Waals surface area contributed by atoms with E-state index < -0.39 is 0 Å². The average Bonchev–Trinajstić information content (AvgIpc) is 2.96. The maximum atomic E-state index is 4.49. The third kappa shape index (κ3) is 5.06. The van der Waals surface area contributed by atoms with Crippen LogP contribution < -0.4 is 10.6 Å². The van der Waals surface area contributed by atoms with E-state index in [1.165, 1.54) is 11.1 Å². The smallest absolute Gasteiger partial charge is 0.191 e. The van der Waals surface area contributed by atoms with Crippen molar-refractivity contribution < 1.29 is 0 Å². The summed E-state index contributed by atoms with van der Waals surface area (Å²) in [4.78, 5) is 8.81. The summed E-state index contributed by atoms with van der Waals surface area (Å²) in [5.41, 5.74) is 3.87. The third-order valence-corrected chi connectivity index (χ3v) is 4.96. The molecule has 4 nitrogen and oxygen atoms in total. The Morgan fingerprint density at radius 2 is 1.96 bits per heavy atom. The van der Waals surface area contributed by atoms with Crippen molar-refractivity contribution in [2.75, 3.05) is 20.1 Å². The monoisotopic (exact) mass is 344 g/mol. The van der Waals surface area contributed by atoms with Crippen LogP contribution in [0.1, 0.15) is 35.7 Å². The molecule has 0 amide bonds. The Bertz CT molecular complexity index is 688. The molecular formula is C19H28N4S. The van der Waals surface area contributed by atoms with Crippen LogP contribution in [0.15, 0.2) is 34.6 Å². The lowest BCUT2D eigenvalue weighted by atomic mass is 9.82. The van der Waals surface area contributed by atoms with Crippen LogP contribution in [0.2, 0.25) is 0 Å². The van der Waals surface area contributed by atoms with E-state index >= 15 is 0 Å². The molecule has 0 bridgehead atoms. The molecule has 2 rings (SSSR count). The van der Waals surface area contributed by atoms with Crippen molar-refractivity contribution in [2.24, 2.45) is 4.99 Å². The van der Waals surface area contributed by atoms with Crippen molar-refractivity contribution >= 4 is 17.3 Å². The highest BCUT2D eigenvalue weighted by molar-refractivity contribution is 7.09. The molecule has 0 atom stereocenters. The van der Waals surface area contributed by atoms with Crippen molar-refractivity contribution in [1.82, 2.24) is 15.6 Å². The molecule has 0 saturated carbocycles. The normalized spacial score (nSPS) is 12.3. The summed E-state index contributed by atoms with van der Waals surface area (Å²) in [6, 6.07) is 8.56. The Labute approximate surface area is 149 Å². The van der Waals surface area contributed by atoms with Gasteiger partial charge in [-0.15, -0.1) is 11.3 Å². The average molecular weight is 345 g/mol. The van der Waals surface area contributed by atoms with Crippen LogP contribution in [-0.2, 0) is 11.8 Å². The summed E-state index contributed by atoms with van der Waals surface area (Å²) in [7, 11) is 1.81. The first-order valence-electron chi connectivity index (χ1n) is 8.34. The summed E-state index contributed by atoms with van der Waals surface area (Å²) in [6.07, 6.45) is 0.909. The van der Waals surface area contributed by atoms with Gasteiger partial charge in [0.25, 0.3) is 0 Å². The number of aryl methyl sites for hydroxylation is 2. The molecule has 2 N–H and O–H groups in total. The third-order valence-electron chi connectivity index (χ3n) is 4.14. The molecule has 0 unspecified atom stereocenters. The quantitative estimate of drug-likeness (QED) is 0.623. The van der Waals surface area contributed by atoms with Gasteiger partial charge in [0.1, 0.15) is 0 Å². The van der Waals surface area contributed by atoms with Gasteiger partial charge in [0, 0.05) is 37.4 Å². The number of nitrogens with one attached hydrogen (secondary N) is 2. The van der Waals surface area contributed by atoms with E-state index in [1.54, 1.807) is 11.3 Å². The van der Waals surface area contributed by atoms with Crippen LogP contribution in [0.25, 0.3) is 0 Å². The Hall–Kier alpha value is -1.88. The van der Waals surface area contributed by atoms with Crippen LogP contribution in [0.3, 0.4) is 0 Å². The molecular weight excluding hydrogens is 316 g/mol. The second kappa shape index (κ2) is 8.29. The van der Waals surface area contributed by atoms with Crippen molar-refractivity contribution in [1.29, 1.82) is 0 Å². The Morgan fingerprint density at radius 3 is 2.58 bits per heavy atom. The molecule has 0 aliphatic carbocycles. The van der Waals surface area contributed by atoms with Crippen LogP contribution in [0.4, 0.5) is 0 Å². The number of guanidine groups is 1. The van der Waals surface area contributed by atoms with Gasteiger partial charge in [-0.1, -0.05) is 38.1 Å². The fraction of sp³-hybridized carbons (Fsp3) is 0.474. The van der Waals surface area contributed by atoms with Gasteiger partial charge >= 0.3 is 0 Å². The molecule has 24 heavy (non-hydrogen) atoms. The van der Waals surface area contributed by atoms with Crippen molar-refractivity contribution in [3.05, 3.63) is 51.5 Å². The highest BCUT2D eigenvalue weighted by Gasteiger charge is 2.22. The Balaban J connectivity index is 1.85. The molecule has 1 aromatic heterocycles. The Morgan fingerprint density at radius 1 is 1.21 bits per heavy atom. The number of hydrogen-bond acceptors (Lipinski definition) is 3. The van der Waals surface area contributed by atoms with E-state index in [2.05, 4.69) is 71.0 Å². The SMILES string of the molecule is CN=C(NCCc1csc(C)n1)NCC(C)(C)c1ccccc1C. The lowest BCUT2D eigenvalue weighted by Crippen LogP contribution is -2.44. The van der Waals surface area contributed by atoms with Gasteiger partial charge in [-0.25, -0.2) is 4.98 Å². The van der Waals surface area contributed by atoms with Crippen molar-refractivity contribution in [2.45, 2.75) is 39.5 Å². The second-order valence-electron chi connectivity index (χ2n) is 6.66. The van der Waals surface area contributed by atoms with Crippen LogP contribution in [0.5, 0.6) is 0 Å². The number of benzene rings is 1. The van der Waals surface area contributed by atoms with Crippen molar-refractivity contribution in [3.63, 3.8) is 0 Å². The maximum absolute atomic E-state index is 4.49. The van der Waals surface area contributed by atoms with Crippen molar-refractivity contribution in [3.8, 4) is 0 Å². The minimum absolute atomic E-state index is 0.0367. The van der Waals surface area contributed by atoms with Gasteiger partial charge in [-0.05, 0) is 25.0 Å². The molecule has 1 aromatic carbocycles.